The number of anilines is 6. The van der Waals surface area contributed by atoms with Crippen molar-refractivity contribution < 1.29 is 38.8 Å². The monoisotopic (exact) mass is 1280 g/mol. The molecule has 0 bridgehead atoms. The van der Waals surface area contributed by atoms with Gasteiger partial charge in [-0.15, -0.1) is 0 Å². The second kappa shape index (κ2) is 22.0. The van der Waals surface area contributed by atoms with E-state index in [1.807, 2.05) is 19.1 Å². The van der Waals surface area contributed by atoms with Crippen LogP contribution < -0.4 is 31.0 Å². The average molecular weight is 1280 g/mol. The predicted molar refractivity (Wildman–Crippen MR) is 302 cm³/mol. The molecule has 0 aromatic carbocycles. The Hall–Kier alpha value is -9.07. The molecule has 1 saturated heterocycles. The van der Waals surface area contributed by atoms with Crippen LogP contribution in [0.1, 0.15) is 72.2 Å². The number of rotatable bonds is 11. The van der Waals surface area contributed by atoms with E-state index in [2.05, 4.69) is 139 Å². The molecule has 0 saturated carbocycles. The van der Waals surface area contributed by atoms with Gasteiger partial charge in [0.2, 0.25) is 11.8 Å². The normalized spacial score (nSPS) is 14.5. The van der Waals surface area contributed by atoms with Crippen molar-refractivity contribution >= 4 is 152 Å². The van der Waals surface area contributed by atoms with E-state index in [0.717, 1.165) is 33.8 Å². The molecule has 0 unspecified atom stereocenters. The first-order chi connectivity index (χ1) is 38.7. The Labute approximate surface area is 473 Å². The number of aromatic carboxylic acids is 2. The molecule has 28 nitrogen and oxygen atoms in total. The Kier molecular flexibility index (Phi) is 14.6. The first-order valence-electron chi connectivity index (χ1n) is 23.8. The van der Waals surface area contributed by atoms with Gasteiger partial charge in [0.15, 0.2) is 0 Å². The number of carboxylic acid groups (broad SMARTS) is 2. The van der Waals surface area contributed by atoms with Crippen LogP contribution in [0.25, 0.3) is 33.1 Å². The van der Waals surface area contributed by atoms with Crippen molar-refractivity contribution in [1.82, 2.24) is 64.7 Å². The van der Waals surface area contributed by atoms with Gasteiger partial charge >= 0.3 is 11.9 Å². The van der Waals surface area contributed by atoms with Gasteiger partial charge in [0.05, 0.1) is 94.1 Å². The number of carboxylic acids is 2. The lowest BCUT2D eigenvalue weighted by Gasteiger charge is -2.33. The molecule has 0 aliphatic carbocycles. The fourth-order valence-electron chi connectivity index (χ4n) is 8.92. The highest BCUT2D eigenvalue weighted by Crippen LogP contribution is 2.39. The number of morpholine rings is 1. The van der Waals surface area contributed by atoms with Gasteiger partial charge in [-0.3, -0.25) is 24.6 Å². The predicted octanol–water partition coefficient (Wildman–Crippen LogP) is 6.94. The van der Waals surface area contributed by atoms with Crippen LogP contribution in [0.2, 0.25) is 0 Å². The van der Waals surface area contributed by atoms with Gasteiger partial charge in [0.1, 0.15) is 87.5 Å². The molecule has 1 fully saturated rings. The van der Waals surface area contributed by atoms with Crippen molar-refractivity contribution in [2.75, 3.05) is 49.9 Å². The number of H-pyrrole nitrogens is 4. The number of aliphatic imine (C=N–C) groups is 3. The van der Waals surface area contributed by atoms with Crippen LogP contribution in [0.3, 0.4) is 0 Å². The molecule has 4 aliphatic heterocycles. The van der Waals surface area contributed by atoms with Crippen molar-refractivity contribution in [2.45, 2.75) is 32.6 Å². The smallest absolute Gasteiger partial charge is 0.353 e. The Bertz CT molecular complexity index is 4180. The van der Waals surface area contributed by atoms with Crippen LogP contribution in [0.5, 0.6) is 11.8 Å². The Morgan fingerprint density at radius 1 is 0.625 bits per heavy atom. The lowest BCUT2D eigenvalue weighted by atomic mass is 10.2. The summed E-state index contributed by atoms with van der Waals surface area (Å²) in [7, 11) is 3.10. The van der Waals surface area contributed by atoms with E-state index in [9.17, 15) is 29.4 Å². The maximum Gasteiger partial charge on any atom is 0.353 e. The standard InChI is InChI=1S/C20H20BrN7O3.C15H11BrN6O3.C14H9BrN6O3/c1-10-8-31-4-3-28(10)20(29)16-15(21)14-17(23-9-24-18(14)27-16)25-12-5-11-6-22-7-13(11)26-19(12)30-2;1-25-14-7(2-6-3-17-4-8(6)21-14)20-12-9-10(16)11(15(23)24)22-13(9)19-5-18-12;15-9-8-11(17-4-18-12(8)21-10(9)14(23)24)19-6-1-5-2-16-3-7(5)20-13(6)22/h5-6,9-10H,3-4,7-8H2,1-2H3,(H2,23,24,25,27);2-3,5H,4H2,1H3,(H,23,24)(H2,18,19,20,22);1-2,4H,3H2,(H,20,22)(H,23,24)(H2,17,18,19,21)/t10-;;/m1../s1. The number of ether oxygens (including phenoxy) is 3. The fraction of sp³-hybridized carbons (Fsp3) is 0.204. The molecular weight excluding hydrogens is 1240 g/mol. The van der Waals surface area contributed by atoms with Crippen molar-refractivity contribution in [3.8, 4) is 11.8 Å². The van der Waals surface area contributed by atoms with Gasteiger partial charge in [0, 0.05) is 47.6 Å². The molecule has 9 aromatic rings. The summed E-state index contributed by atoms with van der Waals surface area (Å²) in [4.78, 5) is 108. The average Bonchev–Trinajstić information content (AvgIpc) is 4.35. The van der Waals surface area contributed by atoms with E-state index >= 15 is 0 Å². The third kappa shape index (κ3) is 10.0. The fourth-order valence-corrected chi connectivity index (χ4v) is 10.9. The van der Waals surface area contributed by atoms with Crippen molar-refractivity contribution in [2.24, 2.45) is 15.0 Å². The quantitative estimate of drug-likeness (QED) is 0.0633. The van der Waals surface area contributed by atoms with Crippen molar-refractivity contribution in [1.29, 1.82) is 0 Å². The first kappa shape index (κ1) is 53.0. The minimum atomic E-state index is -1.13. The second-order valence-electron chi connectivity index (χ2n) is 17.7. The molecule has 0 spiro atoms. The van der Waals surface area contributed by atoms with E-state index in [1.165, 1.54) is 26.1 Å². The van der Waals surface area contributed by atoms with Crippen LogP contribution in [-0.4, -0.2) is 151 Å². The van der Waals surface area contributed by atoms with Crippen LogP contribution >= 0.6 is 47.8 Å². The lowest BCUT2D eigenvalue weighted by molar-refractivity contribution is 0.00326. The second-order valence-corrected chi connectivity index (χ2v) is 20.1. The minimum Gasteiger partial charge on any atom is -0.480 e. The van der Waals surface area contributed by atoms with E-state index in [0.29, 0.717) is 132 Å². The number of pyridine rings is 3. The molecule has 9 aromatic heterocycles. The van der Waals surface area contributed by atoms with Crippen LogP contribution in [0.4, 0.5) is 34.5 Å². The van der Waals surface area contributed by atoms with Gasteiger partial charge in [-0.25, -0.2) is 49.5 Å². The van der Waals surface area contributed by atoms with Crippen LogP contribution in [0.15, 0.2) is 70.4 Å². The summed E-state index contributed by atoms with van der Waals surface area (Å²) in [5, 5.41) is 29.5. The topological polar surface area (TPSA) is 379 Å². The van der Waals surface area contributed by atoms with Crippen LogP contribution in [0, 0.1) is 0 Å². The van der Waals surface area contributed by atoms with Gasteiger partial charge in [-0.1, -0.05) is 0 Å². The molecule has 9 N–H and O–H groups in total. The summed E-state index contributed by atoms with van der Waals surface area (Å²) in [5.74, 6) is -0.216. The third-order valence-electron chi connectivity index (χ3n) is 12.8. The Morgan fingerprint density at radius 2 is 1.06 bits per heavy atom. The zero-order valence-corrected chi connectivity index (χ0v) is 46.5. The van der Waals surface area contributed by atoms with E-state index < -0.39 is 11.9 Å². The molecule has 13 heterocycles. The number of nitrogens with zero attached hydrogens (tertiary/aromatic N) is 12. The zero-order chi connectivity index (χ0) is 55.9. The van der Waals surface area contributed by atoms with Crippen molar-refractivity contribution in [3.63, 3.8) is 0 Å². The first-order valence-corrected chi connectivity index (χ1v) is 26.2. The van der Waals surface area contributed by atoms with Gasteiger partial charge in [-0.05, 0) is 72.9 Å². The maximum atomic E-state index is 13.2. The van der Waals surface area contributed by atoms with E-state index in [-0.39, 0.29) is 34.6 Å². The Morgan fingerprint density at radius 3 is 1.54 bits per heavy atom. The largest absolute Gasteiger partial charge is 0.480 e. The molecule has 0 radical (unpaired) electrons. The SMILES string of the molecule is COc1nc2c(cc1Nc1ncnc3[nH]c(C(=O)N4CCOC[C@H]4C)c(Br)c13)C=NC2.COc1nc2c(cc1Nc1ncnc3[nH]c(C(=O)O)c(Br)c13)C=NC2.O=C(O)c1[nH]c2ncnc(Nc3cc4c([nH]c3=O)CN=C4)c2c1Br. The number of carbonyl (C=O) groups excluding carboxylic acids is 1. The number of halogens is 3. The highest BCUT2D eigenvalue weighted by molar-refractivity contribution is 9.11. The zero-order valence-electron chi connectivity index (χ0n) is 41.8. The number of carbonyl (C=O) groups is 3. The number of aromatic nitrogens is 12. The number of hydrogen-bond donors (Lipinski definition) is 9. The van der Waals surface area contributed by atoms with Gasteiger partial charge in [0.25, 0.3) is 11.5 Å². The number of aromatic amines is 4. The summed E-state index contributed by atoms with van der Waals surface area (Å²) >= 11 is 10.1. The maximum absolute atomic E-state index is 13.2. The minimum absolute atomic E-state index is 0.00438. The number of amides is 1. The highest BCUT2D eigenvalue weighted by Gasteiger charge is 2.30. The Balaban J connectivity index is 0.000000128. The molecule has 4 aliphatic rings. The molecule has 406 valence electrons. The van der Waals surface area contributed by atoms with Gasteiger partial charge in [-0.2, -0.15) is 0 Å². The van der Waals surface area contributed by atoms with Crippen LogP contribution in [-0.2, 0) is 24.4 Å². The molecule has 1 atom stereocenters. The summed E-state index contributed by atoms with van der Waals surface area (Å²) < 4.78 is 17.5. The van der Waals surface area contributed by atoms with E-state index in [1.54, 1.807) is 36.7 Å². The van der Waals surface area contributed by atoms with E-state index in [4.69, 9.17) is 14.2 Å². The number of hydrogen-bond acceptors (Lipinski definition) is 21. The highest BCUT2D eigenvalue weighted by atomic mass is 79.9. The third-order valence-corrected chi connectivity index (χ3v) is 15.2. The molecule has 31 heteroatoms. The van der Waals surface area contributed by atoms with Gasteiger partial charge < -0.3 is 65.2 Å². The molecule has 80 heavy (non-hydrogen) atoms. The summed E-state index contributed by atoms with van der Waals surface area (Å²) in [6, 6.07) is 5.46. The van der Waals surface area contributed by atoms with Crippen molar-refractivity contribution in [3.05, 3.63) is 112 Å². The number of fused-ring (bicyclic) bond motifs is 6. The molecule has 13 rings (SSSR count). The number of methoxy groups -OCH3 is 2. The summed E-state index contributed by atoms with van der Waals surface area (Å²) in [6.45, 7) is 5.07. The summed E-state index contributed by atoms with van der Waals surface area (Å²) in [5.41, 5.74) is 8.02. The molecule has 1 amide bonds. The number of nitrogens with one attached hydrogen (secondary N) is 7. The molecular formula is C49H40Br3N19O9. The lowest BCUT2D eigenvalue weighted by Crippen LogP contribution is -2.47. The summed E-state index contributed by atoms with van der Waals surface area (Å²) in [6.07, 6.45) is 9.28.